The van der Waals surface area contributed by atoms with Gasteiger partial charge in [0.15, 0.2) is 0 Å². The van der Waals surface area contributed by atoms with Crippen molar-refractivity contribution in [2.24, 2.45) is 0 Å². The van der Waals surface area contributed by atoms with E-state index in [4.69, 9.17) is 0 Å². The molecule has 2 heterocycles. The van der Waals surface area contributed by atoms with Gasteiger partial charge in [-0.15, -0.1) is 0 Å². The summed E-state index contributed by atoms with van der Waals surface area (Å²) in [5, 5.41) is 7.76. The molecule has 0 atom stereocenters. The van der Waals surface area contributed by atoms with E-state index in [2.05, 4.69) is 119 Å². The third-order valence-corrected chi connectivity index (χ3v) is 8.02. The Labute approximate surface area is 232 Å². The highest BCUT2D eigenvalue weighted by molar-refractivity contribution is 6.27. The quantitative estimate of drug-likeness (QED) is 0.221. The minimum atomic E-state index is 1.13. The van der Waals surface area contributed by atoms with Crippen molar-refractivity contribution in [3.8, 4) is 44.5 Å². The summed E-state index contributed by atoms with van der Waals surface area (Å²) in [6.45, 7) is 0. The van der Waals surface area contributed by atoms with E-state index in [1.807, 2.05) is 36.9 Å². The number of rotatable bonds is 4. The van der Waals surface area contributed by atoms with E-state index >= 15 is 0 Å². The summed E-state index contributed by atoms with van der Waals surface area (Å²) in [4.78, 5) is 8.60. The van der Waals surface area contributed by atoms with Crippen LogP contribution in [-0.4, -0.2) is 9.97 Å². The van der Waals surface area contributed by atoms with Gasteiger partial charge in [-0.25, -0.2) is 0 Å². The van der Waals surface area contributed by atoms with E-state index in [1.54, 1.807) is 0 Å². The zero-order valence-electron chi connectivity index (χ0n) is 21.8. The molecule has 2 nitrogen and oxygen atoms in total. The van der Waals surface area contributed by atoms with Gasteiger partial charge >= 0.3 is 0 Å². The molecule has 0 N–H and O–H groups in total. The number of benzene rings is 6. The lowest BCUT2D eigenvalue weighted by Gasteiger charge is -2.17. The molecule has 0 unspecified atom stereocenters. The zero-order valence-corrected chi connectivity index (χ0v) is 21.8. The Kier molecular flexibility index (Phi) is 5.17. The maximum absolute atomic E-state index is 4.32. The summed E-state index contributed by atoms with van der Waals surface area (Å²) in [5.41, 5.74) is 9.54. The largest absolute Gasteiger partial charge is 0.264 e. The molecule has 0 amide bonds. The van der Waals surface area contributed by atoms with Crippen molar-refractivity contribution < 1.29 is 0 Å². The summed E-state index contributed by atoms with van der Waals surface area (Å²) in [5.74, 6) is 0. The highest BCUT2D eigenvalue weighted by Crippen LogP contribution is 2.42. The molecule has 0 fully saturated rings. The van der Waals surface area contributed by atoms with Crippen LogP contribution in [0, 0.1) is 0 Å². The first kappa shape index (κ1) is 22.6. The minimum Gasteiger partial charge on any atom is -0.264 e. The van der Waals surface area contributed by atoms with Crippen molar-refractivity contribution in [3.05, 3.63) is 146 Å². The molecule has 0 spiro atoms. The van der Waals surface area contributed by atoms with Crippen LogP contribution >= 0.6 is 0 Å². The SMILES string of the molecule is c1cncc(-c2ccc(-c3ccc4ccc5c(-c6cccc(-c7cccnc7)c6)ccc6ccc3c4c65)cc2)c1. The predicted octanol–water partition coefficient (Wildman–Crippen LogP) is 10.0. The highest BCUT2D eigenvalue weighted by atomic mass is 14.6. The van der Waals surface area contributed by atoms with Crippen LogP contribution in [0.2, 0.25) is 0 Å². The second kappa shape index (κ2) is 9.14. The maximum Gasteiger partial charge on any atom is 0.0346 e. The van der Waals surface area contributed by atoms with Gasteiger partial charge in [-0.3, -0.25) is 9.97 Å². The van der Waals surface area contributed by atoms with Crippen LogP contribution in [0.15, 0.2) is 146 Å². The van der Waals surface area contributed by atoms with Gasteiger partial charge in [-0.2, -0.15) is 0 Å². The van der Waals surface area contributed by atoms with E-state index < -0.39 is 0 Å². The molecule has 6 aromatic carbocycles. The van der Waals surface area contributed by atoms with Gasteiger partial charge < -0.3 is 0 Å². The van der Waals surface area contributed by atoms with E-state index in [0.717, 1.165) is 11.1 Å². The van der Waals surface area contributed by atoms with Crippen molar-refractivity contribution in [1.82, 2.24) is 9.97 Å². The lowest BCUT2D eigenvalue weighted by Crippen LogP contribution is -1.90. The Morgan fingerprint density at radius 1 is 0.350 bits per heavy atom. The summed E-state index contributed by atoms with van der Waals surface area (Å²) < 4.78 is 0. The lowest BCUT2D eigenvalue weighted by molar-refractivity contribution is 1.33. The Morgan fingerprint density at radius 2 is 0.850 bits per heavy atom. The van der Waals surface area contributed by atoms with E-state index in [1.165, 1.54) is 65.7 Å². The topological polar surface area (TPSA) is 25.8 Å². The fourth-order valence-corrected chi connectivity index (χ4v) is 6.08. The van der Waals surface area contributed by atoms with E-state index in [0.29, 0.717) is 0 Å². The lowest BCUT2D eigenvalue weighted by atomic mass is 9.87. The zero-order chi connectivity index (χ0) is 26.5. The Morgan fingerprint density at radius 3 is 1.45 bits per heavy atom. The predicted molar refractivity (Wildman–Crippen MR) is 167 cm³/mol. The Balaban J connectivity index is 1.30. The molecule has 0 aliphatic heterocycles. The van der Waals surface area contributed by atoms with Crippen LogP contribution in [0.4, 0.5) is 0 Å². The summed E-state index contributed by atoms with van der Waals surface area (Å²) in [7, 11) is 0. The summed E-state index contributed by atoms with van der Waals surface area (Å²) >= 11 is 0. The van der Waals surface area contributed by atoms with Crippen LogP contribution in [0.25, 0.3) is 76.8 Å². The third kappa shape index (κ3) is 3.65. The molecule has 0 aliphatic carbocycles. The van der Waals surface area contributed by atoms with Crippen LogP contribution in [0.1, 0.15) is 0 Å². The van der Waals surface area contributed by atoms with Gasteiger partial charge in [0, 0.05) is 30.4 Å². The first-order chi connectivity index (χ1) is 19.8. The van der Waals surface area contributed by atoms with Crippen molar-refractivity contribution >= 4 is 32.3 Å². The van der Waals surface area contributed by atoms with Gasteiger partial charge in [0.1, 0.15) is 0 Å². The second-order valence-electron chi connectivity index (χ2n) is 10.3. The van der Waals surface area contributed by atoms with Gasteiger partial charge in [-0.1, -0.05) is 103 Å². The minimum absolute atomic E-state index is 1.13. The molecule has 0 saturated carbocycles. The van der Waals surface area contributed by atoms with Gasteiger partial charge in [0.25, 0.3) is 0 Å². The summed E-state index contributed by atoms with van der Waals surface area (Å²) in [6.07, 6.45) is 7.46. The van der Waals surface area contributed by atoms with Gasteiger partial charge in [-0.05, 0) is 89.5 Å². The monoisotopic (exact) mass is 508 g/mol. The molecule has 8 aromatic rings. The van der Waals surface area contributed by atoms with E-state index in [9.17, 15) is 0 Å². The molecule has 0 radical (unpaired) electrons. The first-order valence-electron chi connectivity index (χ1n) is 13.6. The molecule has 2 aromatic heterocycles. The number of aromatic nitrogens is 2. The molecule has 186 valence electrons. The summed E-state index contributed by atoms with van der Waals surface area (Å²) in [6, 6.07) is 44.0. The van der Waals surface area contributed by atoms with Crippen LogP contribution in [-0.2, 0) is 0 Å². The molecule has 0 bridgehead atoms. The number of hydrogen-bond donors (Lipinski definition) is 0. The van der Waals surface area contributed by atoms with Gasteiger partial charge in [0.05, 0.1) is 0 Å². The second-order valence-corrected chi connectivity index (χ2v) is 10.3. The fourth-order valence-electron chi connectivity index (χ4n) is 6.08. The molecule has 2 heteroatoms. The van der Waals surface area contributed by atoms with Crippen LogP contribution in [0.3, 0.4) is 0 Å². The first-order valence-corrected chi connectivity index (χ1v) is 13.6. The Bertz CT molecular complexity index is 2130. The third-order valence-electron chi connectivity index (χ3n) is 8.02. The number of hydrogen-bond acceptors (Lipinski definition) is 2. The van der Waals surface area contributed by atoms with E-state index in [-0.39, 0.29) is 0 Å². The normalized spacial score (nSPS) is 11.5. The molecular weight excluding hydrogens is 484 g/mol. The average molecular weight is 509 g/mol. The molecule has 0 aliphatic rings. The van der Waals surface area contributed by atoms with Crippen molar-refractivity contribution in [2.45, 2.75) is 0 Å². The molecule has 40 heavy (non-hydrogen) atoms. The highest BCUT2D eigenvalue weighted by Gasteiger charge is 2.15. The molecular formula is C38H24N2. The molecule has 8 rings (SSSR count). The molecule has 0 saturated heterocycles. The van der Waals surface area contributed by atoms with Crippen LogP contribution in [0.5, 0.6) is 0 Å². The maximum atomic E-state index is 4.32. The van der Waals surface area contributed by atoms with Crippen molar-refractivity contribution in [1.29, 1.82) is 0 Å². The average Bonchev–Trinajstić information content (AvgIpc) is 3.04. The van der Waals surface area contributed by atoms with Crippen molar-refractivity contribution in [2.75, 3.05) is 0 Å². The fraction of sp³-hybridized carbons (Fsp3) is 0. The Hall–Kier alpha value is -5.34. The number of pyridine rings is 2. The standard InChI is InChI=1S/C38H24N2/c1-4-29(32-7-3-21-40-24-32)22-30(5-1)34-17-13-28-14-18-35-33(16-12-27-15-19-36(34)38(28)37(27)35)26-10-8-25(9-11-26)31-6-2-20-39-23-31/h1-24H. The van der Waals surface area contributed by atoms with Gasteiger partial charge in [0.2, 0.25) is 0 Å². The van der Waals surface area contributed by atoms with Crippen molar-refractivity contribution in [3.63, 3.8) is 0 Å². The smallest absolute Gasteiger partial charge is 0.0346 e. The van der Waals surface area contributed by atoms with Crippen LogP contribution < -0.4 is 0 Å². The number of nitrogens with zero attached hydrogens (tertiary/aromatic N) is 2.